The van der Waals surface area contributed by atoms with Gasteiger partial charge in [-0.25, -0.2) is 15.3 Å². The molecule has 2 rings (SSSR count). The Kier molecular flexibility index (Phi) is 4.21. The fourth-order valence-corrected chi connectivity index (χ4v) is 1.45. The molecule has 0 saturated heterocycles. The van der Waals surface area contributed by atoms with Crippen molar-refractivity contribution in [3.63, 3.8) is 0 Å². The van der Waals surface area contributed by atoms with E-state index in [9.17, 15) is 4.79 Å². The third-order valence-corrected chi connectivity index (χ3v) is 2.35. The standard InChI is InChI=1S/C11H15N5O2/c12-5-4-9-15-10(16-18-9)11(17)14-7-8-3-1-2-6-13-8/h1-3,6,9H,4-5,7,12H2,(H,14,17)(H,15,16). The topological polar surface area (TPSA) is 102 Å². The van der Waals surface area contributed by atoms with Crippen LogP contribution >= 0.6 is 0 Å². The Morgan fingerprint density at radius 1 is 1.56 bits per heavy atom. The summed E-state index contributed by atoms with van der Waals surface area (Å²) in [7, 11) is 0. The van der Waals surface area contributed by atoms with Crippen molar-refractivity contribution < 1.29 is 9.63 Å². The number of nitrogens with zero attached hydrogens (tertiary/aromatic N) is 2. The zero-order valence-electron chi connectivity index (χ0n) is 9.80. The molecule has 0 spiro atoms. The second kappa shape index (κ2) is 6.08. The van der Waals surface area contributed by atoms with Gasteiger partial charge in [0.25, 0.3) is 5.91 Å². The van der Waals surface area contributed by atoms with Gasteiger partial charge in [-0.2, -0.15) is 0 Å². The number of hydroxylamine groups is 1. The highest BCUT2D eigenvalue weighted by atomic mass is 16.7. The summed E-state index contributed by atoms with van der Waals surface area (Å²) < 4.78 is 0. The van der Waals surface area contributed by atoms with Crippen molar-refractivity contribution in [3.8, 4) is 0 Å². The molecule has 96 valence electrons. The Hall–Kier alpha value is -1.99. The second-order valence-electron chi connectivity index (χ2n) is 3.73. The fourth-order valence-electron chi connectivity index (χ4n) is 1.45. The monoisotopic (exact) mass is 249 g/mol. The highest BCUT2D eigenvalue weighted by molar-refractivity contribution is 6.37. The van der Waals surface area contributed by atoms with Crippen LogP contribution in [0.4, 0.5) is 0 Å². The predicted octanol–water partition coefficient (Wildman–Crippen LogP) is -0.694. The molecule has 1 atom stereocenters. The molecule has 18 heavy (non-hydrogen) atoms. The molecule has 7 heteroatoms. The number of amidine groups is 1. The predicted molar refractivity (Wildman–Crippen MR) is 65.2 cm³/mol. The van der Waals surface area contributed by atoms with Crippen molar-refractivity contribution in [1.29, 1.82) is 0 Å². The number of hydrogen-bond acceptors (Lipinski definition) is 6. The van der Waals surface area contributed by atoms with Gasteiger partial charge >= 0.3 is 0 Å². The lowest BCUT2D eigenvalue weighted by Crippen LogP contribution is -2.36. The molecule has 1 amide bonds. The molecule has 1 unspecified atom stereocenters. The molecule has 0 bridgehead atoms. The van der Waals surface area contributed by atoms with E-state index in [-0.39, 0.29) is 18.0 Å². The van der Waals surface area contributed by atoms with Crippen LogP contribution in [0, 0.1) is 0 Å². The largest absolute Gasteiger partial charge is 0.344 e. The normalized spacial score (nSPS) is 18.1. The van der Waals surface area contributed by atoms with Crippen LogP contribution in [0.1, 0.15) is 12.1 Å². The Morgan fingerprint density at radius 2 is 2.44 bits per heavy atom. The number of aliphatic imine (C=N–C) groups is 1. The molecule has 2 heterocycles. The molecule has 1 aromatic rings. The van der Waals surface area contributed by atoms with Crippen LogP contribution in [0.25, 0.3) is 0 Å². The van der Waals surface area contributed by atoms with Crippen molar-refractivity contribution in [2.45, 2.75) is 19.2 Å². The molecular weight excluding hydrogens is 234 g/mol. The third kappa shape index (κ3) is 3.25. The first-order chi connectivity index (χ1) is 8.79. The van der Waals surface area contributed by atoms with E-state index in [0.29, 0.717) is 19.5 Å². The maximum atomic E-state index is 11.7. The molecule has 7 nitrogen and oxygen atoms in total. The minimum absolute atomic E-state index is 0.171. The van der Waals surface area contributed by atoms with Crippen LogP contribution in [-0.2, 0) is 16.2 Å². The molecular formula is C11H15N5O2. The van der Waals surface area contributed by atoms with Crippen molar-refractivity contribution >= 4 is 11.7 Å². The van der Waals surface area contributed by atoms with Crippen LogP contribution < -0.4 is 16.5 Å². The third-order valence-electron chi connectivity index (χ3n) is 2.35. The first-order valence-electron chi connectivity index (χ1n) is 5.67. The van der Waals surface area contributed by atoms with E-state index in [1.54, 1.807) is 6.20 Å². The van der Waals surface area contributed by atoms with Crippen molar-refractivity contribution in [2.24, 2.45) is 10.7 Å². The first kappa shape index (κ1) is 12.5. The Morgan fingerprint density at radius 3 is 3.17 bits per heavy atom. The maximum Gasteiger partial charge on any atom is 0.288 e. The summed E-state index contributed by atoms with van der Waals surface area (Å²) in [4.78, 5) is 25.0. The minimum Gasteiger partial charge on any atom is -0.344 e. The first-order valence-corrected chi connectivity index (χ1v) is 5.67. The summed E-state index contributed by atoms with van der Waals surface area (Å²) in [6.07, 6.45) is 1.86. The van der Waals surface area contributed by atoms with Gasteiger partial charge in [0.15, 0.2) is 6.23 Å². The smallest absolute Gasteiger partial charge is 0.288 e. The number of rotatable bonds is 5. The Bertz CT molecular complexity index is 434. The number of amides is 1. The molecule has 0 aliphatic carbocycles. The van der Waals surface area contributed by atoms with E-state index >= 15 is 0 Å². The highest BCUT2D eigenvalue weighted by Gasteiger charge is 2.22. The van der Waals surface area contributed by atoms with Gasteiger partial charge in [-0.05, 0) is 18.7 Å². The Labute approximate surface area is 104 Å². The zero-order valence-corrected chi connectivity index (χ0v) is 9.80. The fraction of sp³-hybridized carbons (Fsp3) is 0.364. The van der Waals surface area contributed by atoms with Crippen LogP contribution in [-0.4, -0.2) is 29.5 Å². The maximum absolute atomic E-state index is 11.7. The number of nitrogens with one attached hydrogen (secondary N) is 2. The molecule has 4 N–H and O–H groups in total. The minimum atomic E-state index is -0.384. The average Bonchev–Trinajstić information content (AvgIpc) is 2.86. The number of carbonyl (C=O) groups is 1. The summed E-state index contributed by atoms with van der Waals surface area (Å²) in [5.41, 5.74) is 8.65. The second-order valence-corrected chi connectivity index (χ2v) is 3.73. The summed E-state index contributed by atoms with van der Waals surface area (Å²) >= 11 is 0. The van der Waals surface area contributed by atoms with E-state index < -0.39 is 0 Å². The molecule has 1 aliphatic rings. The molecule has 0 radical (unpaired) electrons. The van der Waals surface area contributed by atoms with Gasteiger partial charge in [0, 0.05) is 12.6 Å². The molecule has 0 saturated carbocycles. The van der Waals surface area contributed by atoms with Gasteiger partial charge < -0.3 is 11.1 Å². The van der Waals surface area contributed by atoms with E-state index in [1.807, 2.05) is 18.2 Å². The number of hydrogen-bond donors (Lipinski definition) is 3. The van der Waals surface area contributed by atoms with Gasteiger partial charge in [-0.15, -0.1) is 0 Å². The number of aromatic nitrogens is 1. The lowest BCUT2D eigenvalue weighted by Gasteiger charge is -2.03. The van der Waals surface area contributed by atoms with Gasteiger partial charge in [-0.1, -0.05) is 6.07 Å². The SMILES string of the molecule is NCCC1N=C(C(=O)NCc2ccccn2)NO1. The Balaban J connectivity index is 1.84. The highest BCUT2D eigenvalue weighted by Crippen LogP contribution is 2.04. The van der Waals surface area contributed by atoms with Crippen molar-refractivity contribution in [2.75, 3.05) is 6.54 Å². The summed E-state index contributed by atoms with van der Waals surface area (Å²) in [5, 5.41) is 2.70. The number of carbonyl (C=O) groups excluding carboxylic acids is 1. The van der Waals surface area contributed by atoms with E-state index in [2.05, 4.69) is 20.8 Å². The van der Waals surface area contributed by atoms with E-state index in [1.165, 1.54) is 0 Å². The van der Waals surface area contributed by atoms with E-state index in [0.717, 1.165) is 5.69 Å². The van der Waals surface area contributed by atoms with Gasteiger partial charge in [0.2, 0.25) is 5.84 Å². The quantitative estimate of drug-likeness (QED) is 0.641. The van der Waals surface area contributed by atoms with Crippen LogP contribution in [0.3, 0.4) is 0 Å². The van der Waals surface area contributed by atoms with Gasteiger partial charge in [0.1, 0.15) is 0 Å². The number of pyridine rings is 1. The van der Waals surface area contributed by atoms with Crippen LogP contribution in [0.15, 0.2) is 29.4 Å². The average molecular weight is 249 g/mol. The van der Waals surface area contributed by atoms with Gasteiger partial charge in [-0.3, -0.25) is 9.78 Å². The van der Waals surface area contributed by atoms with E-state index in [4.69, 9.17) is 10.6 Å². The molecule has 1 aliphatic heterocycles. The lowest BCUT2D eigenvalue weighted by molar-refractivity contribution is -0.115. The zero-order chi connectivity index (χ0) is 12.8. The lowest BCUT2D eigenvalue weighted by atomic mass is 10.3. The van der Waals surface area contributed by atoms with Crippen molar-refractivity contribution in [3.05, 3.63) is 30.1 Å². The molecule has 1 aromatic heterocycles. The number of nitrogens with two attached hydrogens (primary N) is 1. The van der Waals surface area contributed by atoms with Crippen LogP contribution in [0.5, 0.6) is 0 Å². The molecule has 0 fully saturated rings. The summed E-state index contributed by atoms with van der Waals surface area (Å²) in [5.74, 6) is -0.149. The van der Waals surface area contributed by atoms with Gasteiger partial charge in [0.05, 0.1) is 12.2 Å². The molecule has 0 aromatic carbocycles. The van der Waals surface area contributed by atoms with Crippen LogP contribution in [0.2, 0.25) is 0 Å². The summed E-state index contributed by atoms with van der Waals surface area (Å²) in [6, 6.07) is 5.51. The summed E-state index contributed by atoms with van der Waals surface area (Å²) in [6.45, 7) is 0.806. The van der Waals surface area contributed by atoms with Crippen molar-refractivity contribution in [1.82, 2.24) is 15.8 Å².